The van der Waals surface area contributed by atoms with Crippen LogP contribution in [0.15, 0.2) is 0 Å². The molecule has 56 valence electrons. The topological polar surface area (TPSA) is 29.5 Å². The van der Waals surface area contributed by atoms with Gasteiger partial charge in [0.15, 0.2) is 0 Å². The monoisotopic (exact) mass is 132 g/mol. The summed E-state index contributed by atoms with van der Waals surface area (Å²) >= 11 is 0. The molecule has 0 spiro atoms. The molecular weight excluding hydrogens is 116 g/mol. The first kappa shape index (κ1) is 8.92. The number of ether oxygens (including phenoxy) is 1. The predicted molar refractivity (Wildman–Crippen MR) is 37.4 cm³/mol. The van der Waals surface area contributed by atoms with Gasteiger partial charge in [0.1, 0.15) is 0 Å². The van der Waals surface area contributed by atoms with Crippen molar-refractivity contribution in [3.05, 3.63) is 0 Å². The van der Waals surface area contributed by atoms with E-state index in [1.807, 2.05) is 0 Å². The molecule has 1 aliphatic heterocycles. The summed E-state index contributed by atoms with van der Waals surface area (Å²) in [6, 6.07) is 0. The summed E-state index contributed by atoms with van der Waals surface area (Å²) in [6.45, 7) is 4.25. The minimum atomic E-state index is 0.911. The first-order valence-electron chi connectivity index (χ1n) is 3.42. The summed E-state index contributed by atoms with van der Waals surface area (Å²) in [6.07, 6.45) is 2.53. The first-order chi connectivity index (χ1) is 4.39. The highest BCUT2D eigenvalue weighted by atomic mass is 16.5. The fraction of sp³-hybridized carbons (Fsp3) is 1.00. The van der Waals surface area contributed by atoms with Crippen LogP contribution in [-0.4, -0.2) is 25.4 Å². The van der Waals surface area contributed by atoms with Gasteiger partial charge >= 0.3 is 0 Å². The Morgan fingerprint density at radius 2 is 1.67 bits per heavy atom. The van der Waals surface area contributed by atoms with Gasteiger partial charge in [0.25, 0.3) is 0 Å². The van der Waals surface area contributed by atoms with Crippen molar-refractivity contribution in [2.45, 2.75) is 19.8 Å². The quantitative estimate of drug-likeness (QED) is 0.533. The van der Waals surface area contributed by atoms with Gasteiger partial charge < -0.3 is 9.84 Å². The van der Waals surface area contributed by atoms with Crippen LogP contribution in [0.2, 0.25) is 0 Å². The van der Waals surface area contributed by atoms with Crippen LogP contribution in [0.4, 0.5) is 0 Å². The molecule has 0 amide bonds. The molecule has 0 atom stereocenters. The van der Waals surface area contributed by atoms with E-state index in [0.717, 1.165) is 26.2 Å². The zero-order valence-corrected chi connectivity index (χ0v) is 6.26. The lowest BCUT2D eigenvalue weighted by Gasteiger charge is -2.16. The lowest BCUT2D eigenvalue weighted by Crippen LogP contribution is -2.12. The molecule has 2 heteroatoms. The number of hydrogen-bond acceptors (Lipinski definition) is 2. The van der Waals surface area contributed by atoms with Crippen molar-refractivity contribution < 1.29 is 9.84 Å². The molecule has 1 rings (SSSR count). The van der Waals surface area contributed by atoms with E-state index >= 15 is 0 Å². The van der Waals surface area contributed by atoms with E-state index in [4.69, 9.17) is 9.84 Å². The van der Waals surface area contributed by atoms with Crippen LogP contribution in [0.25, 0.3) is 0 Å². The number of hydrogen-bond donors (Lipinski definition) is 1. The molecule has 0 bridgehead atoms. The van der Waals surface area contributed by atoms with Crippen molar-refractivity contribution in [3.8, 4) is 0 Å². The molecule has 0 radical (unpaired) electrons. The highest BCUT2D eigenvalue weighted by molar-refractivity contribution is 4.55. The standard InChI is InChI=1S/C6H12O.CH4O/c1-6-2-4-7-5-3-6;1-2/h6H,2-5H2,1H3;2H,1H3. The van der Waals surface area contributed by atoms with Gasteiger partial charge in [-0.05, 0) is 18.8 Å². The maximum Gasteiger partial charge on any atom is 0.0468 e. The number of aliphatic hydroxyl groups is 1. The first-order valence-corrected chi connectivity index (χ1v) is 3.42. The van der Waals surface area contributed by atoms with Gasteiger partial charge in [-0.15, -0.1) is 0 Å². The summed E-state index contributed by atoms with van der Waals surface area (Å²) in [5.74, 6) is 0.911. The highest BCUT2D eigenvalue weighted by Gasteiger charge is 2.06. The Bertz CT molecular complexity index is 48.9. The third kappa shape index (κ3) is 4.43. The molecule has 0 unspecified atom stereocenters. The van der Waals surface area contributed by atoms with E-state index in [2.05, 4.69) is 6.92 Å². The zero-order chi connectivity index (χ0) is 7.11. The normalized spacial score (nSPS) is 20.3. The molecule has 1 aliphatic rings. The average Bonchev–Trinajstić information content (AvgIpc) is 1.94. The van der Waals surface area contributed by atoms with Crippen molar-refractivity contribution >= 4 is 0 Å². The van der Waals surface area contributed by atoms with Gasteiger partial charge in [0.2, 0.25) is 0 Å². The van der Waals surface area contributed by atoms with Gasteiger partial charge in [-0.1, -0.05) is 6.92 Å². The molecular formula is C7H16O2. The third-order valence-corrected chi connectivity index (χ3v) is 1.51. The second kappa shape index (κ2) is 6.05. The van der Waals surface area contributed by atoms with E-state index in [-0.39, 0.29) is 0 Å². The van der Waals surface area contributed by atoms with Gasteiger partial charge in [0, 0.05) is 20.3 Å². The Hall–Kier alpha value is -0.0800. The fourth-order valence-electron chi connectivity index (χ4n) is 0.815. The third-order valence-electron chi connectivity index (χ3n) is 1.51. The molecule has 9 heavy (non-hydrogen) atoms. The molecule has 1 saturated heterocycles. The van der Waals surface area contributed by atoms with Crippen LogP contribution in [0.3, 0.4) is 0 Å². The summed E-state index contributed by atoms with van der Waals surface area (Å²) < 4.78 is 5.14. The molecule has 1 heterocycles. The summed E-state index contributed by atoms with van der Waals surface area (Å²) in [5.41, 5.74) is 0. The van der Waals surface area contributed by atoms with Crippen LogP contribution in [0.1, 0.15) is 19.8 Å². The summed E-state index contributed by atoms with van der Waals surface area (Å²) in [4.78, 5) is 0. The molecule has 0 aromatic carbocycles. The lowest BCUT2D eigenvalue weighted by atomic mass is 10.0. The molecule has 2 nitrogen and oxygen atoms in total. The molecule has 1 fully saturated rings. The average molecular weight is 132 g/mol. The van der Waals surface area contributed by atoms with Crippen LogP contribution < -0.4 is 0 Å². The van der Waals surface area contributed by atoms with E-state index < -0.39 is 0 Å². The maximum atomic E-state index is 7.00. The van der Waals surface area contributed by atoms with Crippen LogP contribution in [-0.2, 0) is 4.74 Å². The van der Waals surface area contributed by atoms with E-state index in [1.165, 1.54) is 12.8 Å². The highest BCUT2D eigenvalue weighted by Crippen LogP contribution is 2.11. The number of aliphatic hydroxyl groups excluding tert-OH is 1. The van der Waals surface area contributed by atoms with E-state index in [9.17, 15) is 0 Å². The summed E-state index contributed by atoms with van der Waals surface area (Å²) in [5, 5.41) is 7.00. The zero-order valence-electron chi connectivity index (χ0n) is 6.26. The van der Waals surface area contributed by atoms with Crippen molar-refractivity contribution in [2.24, 2.45) is 5.92 Å². The minimum absolute atomic E-state index is 0.911. The van der Waals surface area contributed by atoms with Gasteiger partial charge in [-0.2, -0.15) is 0 Å². The fourth-order valence-corrected chi connectivity index (χ4v) is 0.815. The smallest absolute Gasteiger partial charge is 0.0468 e. The van der Waals surface area contributed by atoms with Crippen molar-refractivity contribution in [1.82, 2.24) is 0 Å². The molecule has 0 aromatic heterocycles. The second-order valence-corrected chi connectivity index (χ2v) is 2.29. The van der Waals surface area contributed by atoms with Crippen molar-refractivity contribution in [3.63, 3.8) is 0 Å². The van der Waals surface area contributed by atoms with E-state index in [0.29, 0.717) is 0 Å². The van der Waals surface area contributed by atoms with E-state index in [1.54, 1.807) is 0 Å². The second-order valence-electron chi connectivity index (χ2n) is 2.29. The van der Waals surface area contributed by atoms with Crippen LogP contribution in [0, 0.1) is 5.92 Å². The lowest BCUT2D eigenvalue weighted by molar-refractivity contribution is 0.0716. The molecule has 0 aliphatic carbocycles. The Balaban J connectivity index is 0.000000291. The van der Waals surface area contributed by atoms with Gasteiger partial charge in [-0.3, -0.25) is 0 Å². The molecule has 0 aromatic rings. The van der Waals surface area contributed by atoms with Gasteiger partial charge in [0.05, 0.1) is 0 Å². The van der Waals surface area contributed by atoms with Crippen molar-refractivity contribution in [2.75, 3.05) is 20.3 Å². The minimum Gasteiger partial charge on any atom is -0.400 e. The predicted octanol–water partition coefficient (Wildman–Crippen LogP) is 1.04. The SMILES string of the molecule is CC1CCOCC1.CO. The maximum absolute atomic E-state index is 7.00. The number of rotatable bonds is 0. The Kier molecular flexibility index (Phi) is 5.99. The van der Waals surface area contributed by atoms with Crippen LogP contribution in [0.5, 0.6) is 0 Å². The Morgan fingerprint density at radius 3 is 1.89 bits per heavy atom. The Labute approximate surface area is 56.8 Å². The molecule has 0 saturated carbocycles. The summed E-state index contributed by atoms with van der Waals surface area (Å²) in [7, 11) is 1.00. The Morgan fingerprint density at radius 1 is 1.22 bits per heavy atom. The molecule has 1 N–H and O–H groups in total. The van der Waals surface area contributed by atoms with Crippen LogP contribution >= 0.6 is 0 Å². The largest absolute Gasteiger partial charge is 0.400 e. The van der Waals surface area contributed by atoms with Crippen molar-refractivity contribution in [1.29, 1.82) is 0 Å². The van der Waals surface area contributed by atoms with Gasteiger partial charge in [-0.25, -0.2) is 0 Å².